The number of alkyl halides is 2. The standard InChI is InChI=1S/C21H21ClF2N2O3/c1-11-14(7-12-3-5-13(6-4-12)19(28)25-2)8-16(18(27)17(11)22)20(29)26-10-15-9-21(15,23)24/h3-6,8,15,27H,7,9-10H2,1-2H3,(H,25,28)(H,26,29). The maximum absolute atomic E-state index is 13.0. The largest absolute Gasteiger partial charge is 0.506 e. The van der Waals surface area contributed by atoms with Crippen LogP contribution in [0, 0.1) is 12.8 Å². The highest BCUT2D eigenvalue weighted by Gasteiger charge is 2.56. The molecule has 3 rings (SSSR count). The van der Waals surface area contributed by atoms with Crippen LogP contribution in [0.15, 0.2) is 30.3 Å². The molecule has 3 N–H and O–H groups in total. The predicted molar refractivity (Wildman–Crippen MR) is 106 cm³/mol. The first kappa shape index (κ1) is 21.0. The third-order valence-corrected chi connectivity index (χ3v) is 5.60. The summed E-state index contributed by atoms with van der Waals surface area (Å²) in [6.45, 7) is 1.57. The van der Waals surface area contributed by atoms with Gasteiger partial charge >= 0.3 is 0 Å². The van der Waals surface area contributed by atoms with E-state index in [0.717, 1.165) is 5.56 Å². The number of halogens is 3. The van der Waals surface area contributed by atoms with Gasteiger partial charge in [-0.15, -0.1) is 0 Å². The molecule has 2 aromatic rings. The van der Waals surface area contributed by atoms with Crippen molar-refractivity contribution in [3.8, 4) is 5.75 Å². The summed E-state index contributed by atoms with van der Waals surface area (Å²) in [5, 5.41) is 15.3. The molecule has 2 aromatic carbocycles. The summed E-state index contributed by atoms with van der Waals surface area (Å²) >= 11 is 6.20. The molecule has 1 unspecified atom stereocenters. The minimum Gasteiger partial charge on any atom is -0.506 e. The van der Waals surface area contributed by atoms with Gasteiger partial charge in [0.2, 0.25) is 0 Å². The van der Waals surface area contributed by atoms with Crippen molar-refractivity contribution in [1.29, 1.82) is 0 Å². The maximum atomic E-state index is 13.0. The molecular weight excluding hydrogens is 402 g/mol. The molecule has 0 aromatic heterocycles. The van der Waals surface area contributed by atoms with Gasteiger partial charge in [0.1, 0.15) is 5.75 Å². The first-order valence-electron chi connectivity index (χ1n) is 9.12. The molecular formula is C21H21ClF2N2O3. The molecule has 1 atom stereocenters. The summed E-state index contributed by atoms with van der Waals surface area (Å²) in [4.78, 5) is 24.1. The summed E-state index contributed by atoms with van der Waals surface area (Å²) in [6, 6.07) is 8.48. The fourth-order valence-corrected chi connectivity index (χ4v) is 3.31. The minimum atomic E-state index is -2.73. The van der Waals surface area contributed by atoms with Gasteiger partial charge in [0.25, 0.3) is 17.7 Å². The molecule has 0 radical (unpaired) electrons. The monoisotopic (exact) mass is 422 g/mol. The molecule has 5 nitrogen and oxygen atoms in total. The molecule has 1 fully saturated rings. The lowest BCUT2D eigenvalue weighted by Gasteiger charge is -2.14. The SMILES string of the molecule is CNC(=O)c1ccc(Cc2cc(C(=O)NCC3CC3(F)F)c(O)c(Cl)c2C)cc1. The molecule has 1 aliphatic rings. The number of hydrogen-bond donors (Lipinski definition) is 3. The summed E-state index contributed by atoms with van der Waals surface area (Å²) < 4.78 is 26.0. The summed E-state index contributed by atoms with van der Waals surface area (Å²) in [5.74, 6) is -4.81. The van der Waals surface area contributed by atoms with Gasteiger partial charge < -0.3 is 15.7 Å². The van der Waals surface area contributed by atoms with E-state index in [1.54, 1.807) is 38.2 Å². The van der Waals surface area contributed by atoms with Crippen LogP contribution < -0.4 is 10.6 Å². The Balaban J connectivity index is 1.80. The third kappa shape index (κ3) is 4.50. The molecule has 0 saturated heterocycles. The van der Waals surface area contributed by atoms with Crippen molar-refractivity contribution in [3.63, 3.8) is 0 Å². The first-order valence-corrected chi connectivity index (χ1v) is 9.49. The van der Waals surface area contributed by atoms with Crippen LogP contribution in [0.4, 0.5) is 8.78 Å². The number of phenolic OH excluding ortho intramolecular Hbond substituents is 1. The molecule has 29 heavy (non-hydrogen) atoms. The lowest BCUT2D eigenvalue weighted by atomic mass is 9.96. The van der Waals surface area contributed by atoms with E-state index in [0.29, 0.717) is 23.1 Å². The highest BCUT2D eigenvalue weighted by Crippen LogP contribution is 2.48. The zero-order chi connectivity index (χ0) is 21.3. The van der Waals surface area contributed by atoms with Gasteiger partial charge in [-0.25, -0.2) is 8.78 Å². The van der Waals surface area contributed by atoms with E-state index >= 15 is 0 Å². The highest BCUT2D eigenvalue weighted by atomic mass is 35.5. The fraction of sp³-hybridized carbons (Fsp3) is 0.333. The topological polar surface area (TPSA) is 78.4 Å². The Morgan fingerprint density at radius 2 is 1.86 bits per heavy atom. The van der Waals surface area contributed by atoms with Gasteiger partial charge in [-0.05, 0) is 48.2 Å². The van der Waals surface area contributed by atoms with Crippen molar-refractivity contribution in [2.75, 3.05) is 13.6 Å². The van der Waals surface area contributed by atoms with Crippen molar-refractivity contribution in [1.82, 2.24) is 10.6 Å². The van der Waals surface area contributed by atoms with Crippen LogP contribution in [0.25, 0.3) is 0 Å². The van der Waals surface area contributed by atoms with Crippen LogP contribution in [-0.4, -0.2) is 36.4 Å². The Hall–Kier alpha value is -2.67. The normalized spacial score (nSPS) is 16.9. The second kappa shape index (κ2) is 7.99. The van der Waals surface area contributed by atoms with Gasteiger partial charge in [-0.3, -0.25) is 9.59 Å². The van der Waals surface area contributed by atoms with Gasteiger partial charge in [-0.2, -0.15) is 0 Å². The smallest absolute Gasteiger partial charge is 0.255 e. The molecule has 1 aliphatic carbocycles. The van der Waals surface area contributed by atoms with Crippen molar-refractivity contribution < 1.29 is 23.5 Å². The maximum Gasteiger partial charge on any atom is 0.255 e. The second-order valence-electron chi connectivity index (χ2n) is 7.20. The molecule has 1 saturated carbocycles. The molecule has 0 spiro atoms. The van der Waals surface area contributed by atoms with Crippen LogP contribution in [0.1, 0.15) is 43.8 Å². The Morgan fingerprint density at radius 3 is 2.41 bits per heavy atom. The van der Waals surface area contributed by atoms with Crippen LogP contribution >= 0.6 is 11.6 Å². The van der Waals surface area contributed by atoms with Crippen LogP contribution in [0.2, 0.25) is 5.02 Å². The number of carbonyl (C=O) groups excluding carboxylic acids is 2. The number of phenols is 1. The molecule has 0 aliphatic heterocycles. The minimum absolute atomic E-state index is 0.0476. The zero-order valence-corrected chi connectivity index (χ0v) is 16.7. The number of hydrogen-bond acceptors (Lipinski definition) is 3. The van der Waals surface area contributed by atoms with E-state index in [9.17, 15) is 23.5 Å². The fourth-order valence-electron chi connectivity index (χ4n) is 3.08. The highest BCUT2D eigenvalue weighted by molar-refractivity contribution is 6.33. The number of carbonyl (C=O) groups is 2. The van der Waals surface area contributed by atoms with Gasteiger partial charge in [0, 0.05) is 31.5 Å². The van der Waals surface area contributed by atoms with Crippen molar-refractivity contribution in [2.24, 2.45) is 5.92 Å². The Morgan fingerprint density at radius 1 is 1.24 bits per heavy atom. The van der Waals surface area contributed by atoms with Crippen LogP contribution in [0.5, 0.6) is 5.75 Å². The van der Waals surface area contributed by atoms with Crippen molar-refractivity contribution >= 4 is 23.4 Å². The van der Waals surface area contributed by atoms with Crippen molar-refractivity contribution in [3.05, 3.63) is 63.2 Å². The van der Waals surface area contributed by atoms with E-state index in [-0.39, 0.29) is 35.2 Å². The van der Waals surface area contributed by atoms with Crippen LogP contribution in [-0.2, 0) is 6.42 Å². The second-order valence-corrected chi connectivity index (χ2v) is 7.57. The summed E-state index contributed by atoms with van der Waals surface area (Å²) in [6.07, 6.45) is 0.173. The quantitative estimate of drug-likeness (QED) is 0.664. The molecule has 8 heteroatoms. The van der Waals surface area contributed by atoms with Crippen molar-refractivity contribution in [2.45, 2.75) is 25.7 Å². The van der Waals surface area contributed by atoms with E-state index in [2.05, 4.69) is 10.6 Å². The molecule has 154 valence electrons. The van der Waals surface area contributed by atoms with Crippen LogP contribution in [0.3, 0.4) is 0 Å². The Labute approximate surface area is 172 Å². The third-order valence-electron chi connectivity index (χ3n) is 5.14. The molecule has 0 heterocycles. The number of benzene rings is 2. The van der Waals surface area contributed by atoms with Gasteiger partial charge in [0.05, 0.1) is 10.6 Å². The summed E-state index contributed by atoms with van der Waals surface area (Å²) in [7, 11) is 1.55. The number of aromatic hydroxyl groups is 1. The average molecular weight is 423 g/mol. The Bertz CT molecular complexity index is 961. The number of rotatable bonds is 6. The molecule has 2 amide bonds. The predicted octanol–water partition coefficient (Wildman–Crippen LogP) is 3.69. The van der Waals surface area contributed by atoms with E-state index < -0.39 is 17.7 Å². The van der Waals surface area contributed by atoms with Gasteiger partial charge in [0.15, 0.2) is 0 Å². The zero-order valence-electron chi connectivity index (χ0n) is 16.0. The Kier molecular flexibility index (Phi) is 5.80. The molecule has 0 bridgehead atoms. The van der Waals surface area contributed by atoms with Gasteiger partial charge in [-0.1, -0.05) is 23.7 Å². The lowest BCUT2D eigenvalue weighted by Crippen LogP contribution is -2.27. The lowest BCUT2D eigenvalue weighted by molar-refractivity contribution is 0.0891. The summed E-state index contributed by atoms with van der Waals surface area (Å²) in [5.41, 5.74) is 2.67. The van der Waals surface area contributed by atoms with E-state index in [4.69, 9.17) is 11.6 Å². The number of nitrogens with one attached hydrogen (secondary N) is 2. The van der Waals surface area contributed by atoms with E-state index in [1.807, 2.05) is 0 Å². The first-order chi connectivity index (χ1) is 13.6. The van der Waals surface area contributed by atoms with E-state index in [1.165, 1.54) is 6.07 Å². The average Bonchev–Trinajstić information content (AvgIpc) is 3.32. The number of amides is 2.